The second-order valence-electron chi connectivity index (χ2n) is 4.34. The molecule has 82 valence electrons. The van der Waals surface area contributed by atoms with Crippen LogP contribution in [0.15, 0.2) is 0 Å². The van der Waals surface area contributed by atoms with Gasteiger partial charge in [0.15, 0.2) is 0 Å². The Morgan fingerprint density at radius 3 is 2.57 bits per heavy atom. The molecular weight excluding hydrogens is 188 g/mol. The van der Waals surface area contributed by atoms with Gasteiger partial charge in [-0.05, 0) is 25.7 Å². The lowest BCUT2D eigenvalue weighted by molar-refractivity contribution is 0.00268. The van der Waals surface area contributed by atoms with Crippen LogP contribution in [0, 0.1) is 5.92 Å². The summed E-state index contributed by atoms with van der Waals surface area (Å²) in [6, 6.07) is 0.702. The quantitative estimate of drug-likeness (QED) is 0.758. The maximum atomic E-state index is 12.2. The Balaban J connectivity index is 1.63. The number of rotatable bonds is 3. The van der Waals surface area contributed by atoms with E-state index in [1.165, 1.54) is 0 Å². The summed E-state index contributed by atoms with van der Waals surface area (Å²) < 4.78 is 29.7. The molecule has 1 saturated carbocycles. The third kappa shape index (κ3) is 2.42. The molecule has 0 amide bonds. The molecule has 1 saturated heterocycles. The molecular formula is C10H17F2NO. The van der Waals surface area contributed by atoms with Crippen LogP contribution in [0.4, 0.5) is 8.78 Å². The van der Waals surface area contributed by atoms with E-state index in [0.29, 0.717) is 24.9 Å². The van der Waals surface area contributed by atoms with Crippen molar-refractivity contribution in [3.63, 3.8) is 0 Å². The van der Waals surface area contributed by atoms with Gasteiger partial charge >= 0.3 is 0 Å². The molecule has 2 aliphatic rings. The average molecular weight is 205 g/mol. The summed E-state index contributed by atoms with van der Waals surface area (Å²) in [5.41, 5.74) is 0. The molecule has 1 N–H and O–H groups in total. The van der Waals surface area contributed by atoms with E-state index >= 15 is 0 Å². The number of nitrogens with one attached hydrogen (secondary N) is 1. The van der Waals surface area contributed by atoms with Crippen LogP contribution in [0.25, 0.3) is 0 Å². The lowest BCUT2D eigenvalue weighted by atomic mass is 9.80. The standard InChI is InChI=1S/C10H17F2NO/c11-10(12)7-4-9(5-7)13-8-2-1-3-14-6-8/h7-10,13H,1-6H2/t7?,8-,9?/m1/s1. The molecule has 0 unspecified atom stereocenters. The molecule has 4 heteroatoms. The van der Waals surface area contributed by atoms with Crippen molar-refractivity contribution >= 4 is 0 Å². The van der Waals surface area contributed by atoms with Crippen LogP contribution >= 0.6 is 0 Å². The van der Waals surface area contributed by atoms with Gasteiger partial charge in [-0.1, -0.05) is 0 Å². The number of hydrogen-bond acceptors (Lipinski definition) is 2. The van der Waals surface area contributed by atoms with E-state index in [1.807, 2.05) is 0 Å². The second kappa shape index (κ2) is 4.53. The molecule has 0 spiro atoms. The summed E-state index contributed by atoms with van der Waals surface area (Å²) in [5.74, 6) is -0.364. The lowest BCUT2D eigenvalue weighted by Gasteiger charge is -2.38. The van der Waals surface area contributed by atoms with E-state index < -0.39 is 6.43 Å². The monoisotopic (exact) mass is 205 g/mol. The molecule has 0 bridgehead atoms. The highest BCUT2D eigenvalue weighted by atomic mass is 19.3. The van der Waals surface area contributed by atoms with Gasteiger partial charge in [-0.3, -0.25) is 0 Å². The van der Waals surface area contributed by atoms with Crippen molar-refractivity contribution in [3.05, 3.63) is 0 Å². The molecule has 2 rings (SSSR count). The van der Waals surface area contributed by atoms with Crippen LogP contribution in [-0.2, 0) is 4.74 Å². The zero-order valence-electron chi connectivity index (χ0n) is 8.22. The van der Waals surface area contributed by atoms with Crippen molar-refractivity contribution < 1.29 is 13.5 Å². The van der Waals surface area contributed by atoms with Crippen molar-refractivity contribution in [1.82, 2.24) is 5.32 Å². The fourth-order valence-electron chi connectivity index (χ4n) is 2.21. The highest BCUT2D eigenvalue weighted by molar-refractivity contribution is 4.89. The van der Waals surface area contributed by atoms with Gasteiger partial charge in [-0.2, -0.15) is 0 Å². The molecule has 1 aliphatic heterocycles. The lowest BCUT2D eigenvalue weighted by Crippen LogP contribution is -2.50. The fourth-order valence-corrected chi connectivity index (χ4v) is 2.21. The molecule has 1 heterocycles. The van der Waals surface area contributed by atoms with Gasteiger partial charge < -0.3 is 10.1 Å². The number of hydrogen-bond donors (Lipinski definition) is 1. The number of ether oxygens (including phenoxy) is 1. The zero-order valence-corrected chi connectivity index (χ0v) is 8.22. The maximum Gasteiger partial charge on any atom is 0.241 e. The van der Waals surface area contributed by atoms with E-state index in [9.17, 15) is 8.78 Å². The SMILES string of the molecule is FC(F)C1CC(N[C@@H]2CCCOC2)C1. The van der Waals surface area contributed by atoms with Crippen LogP contribution in [0.2, 0.25) is 0 Å². The Bertz CT molecular complexity index is 177. The Labute approximate surface area is 83.0 Å². The minimum atomic E-state index is -2.13. The minimum Gasteiger partial charge on any atom is -0.380 e. The third-order valence-corrected chi connectivity index (χ3v) is 3.16. The van der Waals surface area contributed by atoms with Gasteiger partial charge in [-0.15, -0.1) is 0 Å². The minimum absolute atomic E-state index is 0.306. The summed E-state index contributed by atoms with van der Waals surface area (Å²) in [6.45, 7) is 1.60. The van der Waals surface area contributed by atoms with Crippen molar-refractivity contribution in [2.75, 3.05) is 13.2 Å². The first-order valence-electron chi connectivity index (χ1n) is 5.37. The summed E-state index contributed by atoms with van der Waals surface area (Å²) in [4.78, 5) is 0. The van der Waals surface area contributed by atoms with Gasteiger partial charge in [0, 0.05) is 24.6 Å². The molecule has 1 atom stereocenters. The highest BCUT2D eigenvalue weighted by Crippen LogP contribution is 2.33. The van der Waals surface area contributed by atoms with Crippen LogP contribution in [0.1, 0.15) is 25.7 Å². The summed E-state index contributed by atoms with van der Waals surface area (Å²) in [7, 11) is 0. The average Bonchev–Trinajstić information content (AvgIpc) is 2.12. The Morgan fingerprint density at radius 2 is 2.00 bits per heavy atom. The van der Waals surface area contributed by atoms with Gasteiger partial charge in [-0.25, -0.2) is 8.78 Å². The van der Waals surface area contributed by atoms with Gasteiger partial charge in [0.25, 0.3) is 0 Å². The Morgan fingerprint density at radius 1 is 1.21 bits per heavy atom. The van der Waals surface area contributed by atoms with E-state index in [1.54, 1.807) is 0 Å². The zero-order chi connectivity index (χ0) is 9.97. The fraction of sp³-hybridized carbons (Fsp3) is 1.00. The van der Waals surface area contributed by atoms with Crippen molar-refractivity contribution in [1.29, 1.82) is 0 Å². The first kappa shape index (κ1) is 10.3. The second-order valence-corrected chi connectivity index (χ2v) is 4.34. The van der Waals surface area contributed by atoms with E-state index in [0.717, 1.165) is 26.1 Å². The van der Waals surface area contributed by atoms with E-state index in [4.69, 9.17) is 4.74 Å². The normalized spacial score (nSPS) is 38.4. The predicted octanol–water partition coefficient (Wildman–Crippen LogP) is 1.80. The summed E-state index contributed by atoms with van der Waals surface area (Å²) in [6.07, 6.45) is 1.34. The molecule has 0 aromatic rings. The number of halogens is 2. The molecule has 1 aliphatic carbocycles. The predicted molar refractivity (Wildman–Crippen MR) is 49.5 cm³/mol. The molecule has 0 radical (unpaired) electrons. The smallest absolute Gasteiger partial charge is 0.241 e. The van der Waals surface area contributed by atoms with Crippen LogP contribution < -0.4 is 5.32 Å². The van der Waals surface area contributed by atoms with E-state index in [-0.39, 0.29) is 5.92 Å². The van der Waals surface area contributed by atoms with Gasteiger partial charge in [0.2, 0.25) is 6.43 Å². The van der Waals surface area contributed by atoms with Crippen LogP contribution in [0.3, 0.4) is 0 Å². The molecule has 14 heavy (non-hydrogen) atoms. The van der Waals surface area contributed by atoms with Crippen molar-refractivity contribution in [2.45, 2.75) is 44.2 Å². The van der Waals surface area contributed by atoms with Crippen LogP contribution in [0.5, 0.6) is 0 Å². The van der Waals surface area contributed by atoms with Crippen LogP contribution in [-0.4, -0.2) is 31.7 Å². The van der Waals surface area contributed by atoms with Gasteiger partial charge in [0.05, 0.1) is 6.61 Å². The first-order chi connectivity index (χ1) is 6.75. The molecule has 0 aromatic heterocycles. The Kier molecular flexibility index (Phi) is 3.34. The van der Waals surface area contributed by atoms with Crippen molar-refractivity contribution in [2.24, 2.45) is 5.92 Å². The Hall–Kier alpha value is -0.220. The number of alkyl halides is 2. The summed E-state index contributed by atoms with van der Waals surface area (Å²) >= 11 is 0. The highest BCUT2D eigenvalue weighted by Gasteiger charge is 2.36. The first-order valence-corrected chi connectivity index (χ1v) is 5.37. The maximum absolute atomic E-state index is 12.2. The third-order valence-electron chi connectivity index (χ3n) is 3.16. The molecule has 2 nitrogen and oxygen atoms in total. The molecule has 2 fully saturated rings. The van der Waals surface area contributed by atoms with Crippen molar-refractivity contribution in [3.8, 4) is 0 Å². The van der Waals surface area contributed by atoms with Gasteiger partial charge in [0.1, 0.15) is 0 Å². The molecule has 0 aromatic carbocycles. The summed E-state index contributed by atoms with van der Waals surface area (Å²) in [5, 5.41) is 3.38. The van der Waals surface area contributed by atoms with E-state index in [2.05, 4.69) is 5.32 Å². The largest absolute Gasteiger partial charge is 0.380 e. The topological polar surface area (TPSA) is 21.3 Å².